The average Bonchev–Trinajstić information content (AvgIpc) is 1.64. The third-order valence-electron chi connectivity index (χ3n) is 0.207. The van der Waals surface area contributed by atoms with E-state index in [-0.39, 0.29) is 14.0 Å². The molecule has 4 unspecified atom stereocenters. The van der Waals surface area contributed by atoms with Gasteiger partial charge >= 0.3 is 0 Å². The summed E-state index contributed by atoms with van der Waals surface area (Å²) in [5, 5.41) is 0. The van der Waals surface area contributed by atoms with Crippen LogP contribution >= 0.6 is 57.6 Å². The van der Waals surface area contributed by atoms with Crippen molar-refractivity contribution in [2.24, 2.45) is 0 Å². The van der Waals surface area contributed by atoms with E-state index < -0.39 is 7.90 Å². The molecule has 0 aliphatic heterocycles. The molecule has 0 aliphatic carbocycles. The summed E-state index contributed by atoms with van der Waals surface area (Å²) >= 11 is 0. The molecule has 7 heavy (non-hydrogen) atoms. The molecule has 0 aromatic carbocycles. The molecular weight excluding hydrogens is 217 g/mol. The van der Waals surface area contributed by atoms with Crippen molar-refractivity contribution in [2.45, 2.75) is 0 Å². The van der Waals surface area contributed by atoms with Gasteiger partial charge in [0.15, 0.2) is 0 Å². The Hall–Kier alpha value is 3.01. The van der Waals surface area contributed by atoms with Crippen LogP contribution in [0.4, 0.5) is 0 Å². The number of rotatable bonds is 2. The summed E-state index contributed by atoms with van der Waals surface area (Å²) in [6.45, 7) is -0.298. The Balaban J connectivity index is 3.46. The van der Waals surface area contributed by atoms with Crippen molar-refractivity contribution in [3.05, 3.63) is 0 Å². The third kappa shape index (κ3) is 9.01. The minimum Gasteiger partial charge on any atom is -0.103 e. The number of hydrogen-bond acceptors (Lipinski definition) is 0. The fourth-order valence-electron chi connectivity index (χ4n) is 0.119. The highest BCUT2D eigenvalue weighted by molar-refractivity contribution is 8.92. The van der Waals surface area contributed by atoms with Gasteiger partial charge in [0.2, 0.25) is 0 Å². The minimum absolute atomic E-state index is 0.149. The van der Waals surface area contributed by atoms with E-state index in [2.05, 4.69) is 35.7 Å². The highest BCUT2D eigenvalue weighted by Crippen LogP contribution is 2.86. The quantitative estimate of drug-likeness (QED) is 0.632. The first-order valence-electron chi connectivity index (χ1n) is 1.88. The summed E-state index contributed by atoms with van der Waals surface area (Å²) in [6.07, 6.45) is 0. The van der Waals surface area contributed by atoms with E-state index in [4.69, 9.17) is 1.28 Å². The smallest absolute Gasteiger partial charge is 0.0688 e. The Bertz CT molecular complexity index is 49.4. The lowest BCUT2D eigenvalue weighted by Crippen LogP contribution is -1.14. The average molecular weight is 227 g/mol. The standard InChI is InChI=1S/H9P7/c1-6(2)5-7(3)4/h5H,1-4H2/i5D. The molecule has 0 heterocycles. The maximum atomic E-state index is 7.52. The molecule has 0 saturated heterocycles. The molecular formula is H9P7. The van der Waals surface area contributed by atoms with Gasteiger partial charge in [0.25, 0.3) is 0 Å². The summed E-state index contributed by atoms with van der Waals surface area (Å²) in [5.74, 6) is 0. The van der Waals surface area contributed by atoms with Crippen LogP contribution in [-0.2, 0) is 0 Å². The van der Waals surface area contributed by atoms with Gasteiger partial charge in [0, 0.05) is 0 Å². The fraction of sp³-hybridized carbons (Fsp3) is 0. The third-order valence-corrected chi connectivity index (χ3v) is 16.7. The van der Waals surface area contributed by atoms with E-state index >= 15 is 0 Å². The summed E-state index contributed by atoms with van der Waals surface area (Å²) < 4.78 is 7.52. The predicted octanol–water partition coefficient (Wildman–Crippen LogP) is 3.62. The molecule has 0 amide bonds. The second kappa shape index (κ2) is 5.77. The molecule has 0 spiro atoms. The van der Waals surface area contributed by atoms with Crippen LogP contribution in [0.25, 0.3) is 0 Å². The van der Waals surface area contributed by atoms with Gasteiger partial charge < -0.3 is 0 Å². The van der Waals surface area contributed by atoms with Gasteiger partial charge in [-0.1, -0.05) is 7.90 Å². The van der Waals surface area contributed by atoms with Gasteiger partial charge in [-0.2, -0.15) is 0 Å². The SMILES string of the molecule is [2H]P(P(P)P)P(P)P. The molecule has 0 aromatic rings. The van der Waals surface area contributed by atoms with Crippen LogP contribution in [0.3, 0.4) is 0 Å². The van der Waals surface area contributed by atoms with Crippen molar-refractivity contribution < 1.29 is 0 Å². The molecule has 0 aromatic heterocycles. The second-order valence-electron chi connectivity index (χ2n) is 0.849. The van der Waals surface area contributed by atoms with E-state index in [0.29, 0.717) is 0 Å². The fourth-order valence-corrected chi connectivity index (χ4v) is 29.0. The van der Waals surface area contributed by atoms with E-state index in [1.165, 1.54) is 0 Å². The van der Waals surface area contributed by atoms with Crippen LogP contribution in [0.1, 0.15) is 0 Å². The van der Waals surface area contributed by atoms with E-state index in [1.54, 1.807) is 0 Å². The molecule has 0 bridgehead atoms. The molecule has 0 fully saturated rings. The zero-order valence-electron chi connectivity index (χ0n) is 4.65. The van der Waals surface area contributed by atoms with Crippen molar-refractivity contribution in [1.29, 1.82) is 1.28 Å². The van der Waals surface area contributed by atoms with E-state index in [1.807, 2.05) is 0 Å². The van der Waals surface area contributed by atoms with Crippen LogP contribution in [-0.4, -0.2) is 1.28 Å². The summed E-state index contributed by atoms with van der Waals surface area (Å²) in [4.78, 5) is 0. The zero-order valence-corrected chi connectivity index (χ0v) is 11.0. The first kappa shape index (κ1) is 8.11. The Labute approximate surface area is 59.3 Å². The van der Waals surface area contributed by atoms with E-state index in [0.717, 1.165) is 0 Å². The molecule has 0 N–H and O–H groups in total. The monoisotopic (exact) mass is 227 g/mol. The van der Waals surface area contributed by atoms with Crippen LogP contribution in [0.2, 0.25) is 0 Å². The van der Waals surface area contributed by atoms with Gasteiger partial charge in [0.05, 0.1) is 1.28 Å². The Kier molecular flexibility index (Phi) is 6.68. The summed E-state index contributed by atoms with van der Waals surface area (Å²) in [7, 11) is 10.3. The first-order chi connectivity index (χ1) is 3.55. The normalized spacial score (nSPS) is 13.9. The lowest BCUT2D eigenvalue weighted by atomic mass is 29.0. The second-order valence-corrected chi connectivity index (χ2v) is 22.9. The number of hydrogen-bond donors (Lipinski definition) is 0. The maximum absolute atomic E-state index is 7.52. The van der Waals surface area contributed by atoms with Gasteiger partial charge in [-0.15, -0.1) is 35.7 Å². The zero-order chi connectivity index (χ0) is 6.73. The first-order valence-corrected chi connectivity index (χ1v) is 12.9. The van der Waals surface area contributed by atoms with Gasteiger partial charge in [0.1, 0.15) is 0 Å². The molecule has 0 nitrogen and oxygen atoms in total. The van der Waals surface area contributed by atoms with Crippen molar-refractivity contribution in [2.75, 3.05) is 0 Å². The van der Waals surface area contributed by atoms with Crippen LogP contribution < -0.4 is 0 Å². The maximum Gasteiger partial charge on any atom is 0.0688 e. The molecule has 4 atom stereocenters. The molecule has 0 aliphatic rings. The molecule has 44 valence electrons. The minimum atomic E-state index is -0.467. The molecule has 0 radical (unpaired) electrons. The molecule has 7 heteroatoms. The van der Waals surface area contributed by atoms with Crippen molar-refractivity contribution >= 4 is 57.6 Å². The largest absolute Gasteiger partial charge is 0.103 e. The van der Waals surface area contributed by atoms with Crippen molar-refractivity contribution in [3.8, 4) is 0 Å². The predicted molar refractivity (Wildman–Crippen MR) is 61.0 cm³/mol. The lowest BCUT2D eigenvalue weighted by Gasteiger charge is -2.06. The van der Waals surface area contributed by atoms with Gasteiger partial charge in [-0.05, 0) is 14.0 Å². The Morgan fingerprint density at radius 1 is 1.14 bits per heavy atom. The van der Waals surface area contributed by atoms with Crippen molar-refractivity contribution in [3.63, 3.8) is 0 Å². The summed E-state index contributed by atoms with van der Waals surface area (Å²) in [5.41, 5.74) is 0. The highest BCUT2D eigenvalue weighted by Gasteiger charge is 1.94. The molecule has 0 saturated carbocycles. The van der Waals surface area contributed by atoms with Crippen LogP contribution in [0.5, 0.6) is 0 Å². The van der Waals surface area contributed by atoms with Crippen LogP contribution in [0.15, 0.2) is 0 Å². The van der Waals surface area contributed by atoms with Gasteiger partial charge in [-0.3, -0.25) is 0 Å². The topological polar surface area (TPSA) is 0 Å². The highest BCUT2D eigenvalue weighted by atomic mass is 33.0. The molecule has 0 rings (SSSR count). The lowest BCUT2D eigenvalue weighted by molar-refractivity contribution is 4.92. The van der Waals surface area contributed by atoms with Crippen molar-refractivity contribution in [1.82, 2.24) is 0 Å². The Morgan fingerprint density at radius 2 is 1.43 bits per heavy atom. The van der Waals surface area contributed by atoms with Gasteiger partial charge in [-0.25, -0.2) is 0 Å². The summed E-state index contributed by atoms with van der Waals surface area (Å²) in [6, 6.07) is 0. The van der Waals surface area contributed by atoms with Crippen LogP contribution in [0, 0.1) is 0 Å². The van der Waals surface area contributed by atoms with E-state index in [9.17, 15) is 0 Å². The Morgan fingerprint density at radius 3 is 1.43 bits per heavy atom.